The number of alkyl halides is 1. The zero-order valence-corrected chi connectivity index (χ0v) is 27.5. The second-order valence-electron chi connectivity index (χ2n) is 11.0. The van der Waals surface area contributed by atoms with Crippen LogP contribution >= 0.6 is 25.8 Å². The van der Waals surface area contributed by atoms with Gasteiger partial charge in [0.1, 0.15) is 35.8 Å². The lowest BCUT2D eigenvalue weighted by Gasteiger charge is -2.33. The molecule has 10 atom stereocenters. The lowest BCUT2D eigenvalue weighted by atomic mass is 10.0. The Morgan fingerprint density at radius 3 is 2.62 bits per heavy atom. The maximum absolute atomic E-state index is 16.0. The van der Waals surface area contributed by atoms with Crippen molar-refractivity contribution in [1.82, 2.24) is 39.0 Å². The maximum atomic E-state index is 16.0. The van der Waals surface area contributed by atoms with Crippen molar-refractivity contribution in [2.24, 2.45) is 0 Å². The number of aromatic nitrogens is 8. The summed E-state index contributed by atoms with van der Waals surface area (Å²) in [5, 5.41) is 0. The van der Waals surface area contributed by atoms with Crippen LogP contribution in [0.1, 0.15) is 25.8 Å². The predicted molar refractivity (Wildman–Crippen MR) is 165 cm³/mol. The third-order valence-corrected chi connectivity index (χ3v) is 10.3. The summed E-state index contributed by atoms with van der Waals surface area (Å²) in [6, 6.07) is 0. The molecule has 3 saturated heterocycles. The van der Waals surface area contributed by atoms with E-state index in [2.05, 4.69) is 42.2 Å². The number of hydrogen-bond donors (Lipinski definition) is 6. The van der Waals surface area contributed by atoms with Crippen molar-refractivity contribution in [3.63, 3.8) is 0 Å². The molecule has 0 aromatic carbocycles. The zero-order chi connectivity index (χ0) is 33.5. The van der Waals surface area contributed by atoms with Gasteiger partial charge >= 0.3 is 13.5 Å². The molecule has 7 heterocycles. The first-order valence-corrected chi connectivity index (χ1v) is 19.2. The van der Waals surface area contributed by atoms with E-state index in [1.54, 1.807) is 6.92 Å². The topological polar surface area (TPSA) is 272 Å². The molecule has 20 nitrogen and oxygen atoms in total. The molecule has 3 aliphatic heterocycles. The maximum Gasteiger partial charge on any atom is 0.384 e. The van der Waals surface area contributed by atoms with Gasteiger partial charge in [0.2, 0.25) is 5.95 Å². The molecule has 47 heavy (non-hydrogen) atoms. The van der Waals surface area contributed by atoms with Crippen molar-refractivity contribution < 1.29 is 46.5 Å². The monoisotopic (exact) mass is 736 g/mol. The highest BCUT2D eigenvalue weighted by molar-refractivity contribution is 8.44. The molecular weight excluding hydrogens is 709 g/mol. The number of nitrogens with two attached hydrogens (primary N) is 2. The Morgan fingerprint density at radius 1 is 1.17 bits per heavy atom. The Kier molecular flexibility index (Phi) is 8.21. The molecule has 4 aromatic rings. The number of thiol groups is 1. The number of H-pyrrole nitrogens is 1. The summed E-state index contributed by atoms with van der Waals surface area (Å²) >= 11 is 8.92. The van der Waals surface area contributed by atoms with Crippen LogP contribution in [0.25, 0.3) is 22.3 Å². The van der Waals surface area contributed by atoms with E-state index in [0.717, 1.165) is 0 Å². The van der Waals surface area contributed by atoms with Gasteiger partial charge in [-0.1, -0.05) is 19.2 Å². The second-order valence-corrected chi connectivity index (χ2v) is 16.5. The van der Waals surface area contributed by atoms with Gasteiger partial charge in [-0.05, 0) is 18.2 Å². The minimum absolute atomic E-state index is 0.0202. The largest absolute Gasteiger partial charge is 0.384 e. The van der Waals surface area contributed by atoms with E-state index in [0.29, 0.717) is 0 Å². The van der Waals surface area contributed by atoms with Crippen LogP contribution in [0.2, 0.25) is 0 Å². The van der Waals surface area contributed by atoms with E-state index in [4.69, 9.17) is 51.1 Å². The highest BCUT2D eigenvalue weighted by Gasteiger charge is 2.65. The van der Waals surface area contributed by atoms with Gasteiger partial charge in [-0.3, -0.25) is 28.0 Å². The quantitative estimate of drug-likeness (QED) is 0.0954. The first kappa shape index (κ1) is 32.9. The lowest BCUT2D eigenvalue weighted by Crippen LogP contribution is -2.45. The van der Waals surface area contributed by atoms with Crippen molar-refractivity contribution in [2.45, 2.75) is 62.0 Å². The van der Waals surface area contributed by atoms with Gasteiger partial charge in [0.05, 0.1) is 32.0 Å². The lowest BCUT2D eigenvalue weighted by molar-refractivity contribution is -0.183. The number of fused-ring (bicyclic) bond motifs is 4. The van der Waals surface area contributed by atoms with E-state index >= 15 is 4.39 Å². The number of nitrogens with zero attached hydrogens (tertiary/aromatic N) is 7. The minimum atomic E-state index is -4.43. The Balaban J connectivity index is 1.12. The van der Waals surface area contributed by atoms with Gasteiger partial charge in [-0.15, -0.1) is 0 Å². The number of anilines is 2. The van der Waals surface area contributed by atoms with Gasteiger partial charge in [-0.25, -0.2) is 28.9 Å². The summed E-state index contributed by atoms with van der Waals surface area (Å²) in [5.74, 6) is -0.0935. The molecule has 25 heteroatoms. The number of aromatic amines is 1. The van der Waals surface area contributed by atoms with Gasteiger partial charge in [0.25, 0.3) is 5.56 Å². The number of nitrogens with one attached hydrogen (secondary N) is 1. The van der Waals surface area contributed by atoms with Crippen LogP contribution in [0.4, 0.5) is 16.2 Å². The van der Waals surface area contributed by atoms with Crippen molar-refractivity contribution in [1.29, 1.82) is 0 Å². The van der Waals surface area contributed by atoms with Gasteiger partial charge in [-0.2, -0.15) is 4.98 Å². The SMILES string of the molecule is CC[C@H]1O[C@@H](n2cnc3c(=O)[nH]c(N)nc32)[C@H](F)[C@@H]1OP(O)(=S)OC[C@]12CO[C@@H]([C@H](n3cnc4c(N)ncnc43)O1)[C@@H]2OP(=O)(O)S. The summed E-state index contributed by atoms with van der Waals surface area (Å²) in [6.07, 6.45) is -4.91. The van der Waals surface area contributed by atoms with Crippen LogP contribution < -0.4 is 17.0 Å². The van der Waals surface area contributed by atoms with E-state index in [9.17, 15) is 19.1 Å². The number of hydrogen-bond acceptors (Lipinski definition) is 16. The average molecular weight is 737 g/mol. The Labute approximate surface area is 272 Å². The van der Waals surface area contributed by atoms with Crippen molar-refractivity contribution in [2.75, 3.05) is 24.7 Å². The average Bonchev–Trinajstić information content (AvgIpc) is 3.80. The number of rotatable bonds is 10. The van der Waals surface area contributed by atoms with Crippen LogP contribution in [-0.4, -0.2) is 98.2 Å². The molecule has 254 valence electrons. The van der Waals surface area contributed by atoms with Crippen molar-refractivity contribution >= 4 is 71.7 Å². The Bertz CT molecular complexity index is 2010. The molecule has 4 aromatic heterocycles. The Hall–Kier alpha value is -2.66. The standard InChI is InChI=1S/C22H27FN10O10P2S2/c1-2-8-12(9(23)19(40-8)33-7-29-11-17(33)30-21(25)31-18(11)34)42-45(37,47)39-4-22-3-38-13(14(22)43-44(35,36)46)20(41-22)32-6-28-10-15(24)26-5-27-16(10)32/h5-9,12-14,19-20H,2-4H2,1H3,(H,37,47)(H2,24,26,27)(H2,35,36,46)(H3,25,30,31,34)/t8-,9-,12-,13-,14+,19-,20-,22+,45?/m1/s1. The summed E-state index contributed by atoms with van der Waals surface area (Å²) in [5.41, 5.74) is 9.79. The first-order valence-electron chi connectivity index (χ1n) is 13.8. The van der Waals surface area contributed by atoms with Gasteiger partial charge in [0.15, 0.2) is 41.3 Å². The third-order valence-electron chi connectivity index (χ3n) is 8.01. The second kappa shape index (κ2) is 11.7. The highest BCUT2D eigenvalue weighted by atomic mass is 32.7. The van der Waals surface area contributed by atoms with Crippen LogP contribution in [0.15, 0.2) is 23.8 Å². The molecule has 7 rings (SSSR count). The predicted octanol–water partition coefficient (Wildman–Crippen LogP) is 0.470. The molecule has 0 radical (unpaired) electrons. The number of halogens is 1. The van der Waals surface area contributed by atoms with Crippen LogP contribution in [0.3, 0.4) is 0 Å². The molecule has 7 N–H and O–H groups in total. The van der Waals surface area contributed by atoms with Crippen LogP contribution in [0.5, 0.6) is 0 Å². The molecule has 0 spiro atoms. The fourth-order valence-electron chi connectivity index (χ4n) is 5.96. The van der Waals surface area contributed by atoms with Gasteiger partial charge in [0, 0.05) is 0 Å². The number of ether oxygens (including phenoxy) is 3. The zero-order valence-electron chi connectivity index (χ0n) is 24.0. The Morgan fingerprint density at radius 2 is 1.89 bits per heavy atom. The normalized spacial score (nSPS) is 33.1. The fourth-order valence-corrected chi connectivity index (χ4v) is 8.33. The first-order chi connectivity index (χ1) is 22.2. The summed E-state index contributed by atoms with van der Waals surface area (Å²) in [6.45, 7) is -7.80. The molecule has 2 bridgehead atoms. The molecule has 3 aliphatic rings. The van der Waals surface area contributed by atoms with E-state index < -0.39 is 74.3 Å². The summed E-state index contributed by atoms with van der Waals surface area (Å²) in [4.78, 5) is 56.0. The van der Waals surface area contributed by atoms with Crippen LogP contribution in [0, 0.1) is 0 Å². The van der Waals surface area contributed by atoms with E-state index in [1.165, 1.54) is 28.1 Å². The van der Waals surface area contributed by atoms with Crippen molar-refractivity contribution in [3.8, 4) is 0 Å². The van der Waals surface area contributed by atoms with E-state index in [-0.39, 0.29) is 47.1 Å². The third kappa shape index (κ3) is 5.77. The smallest absolute Gasteiger partial charge is 0.382 e. The molecule has 3 fully saturated rings. The molecule has 0 saturated carbocycles. The number of nitrogen functional groups attached to an aromatic ring is 2. The number of imidazole rings is 2. The van der Waals surface area contributed by atoms with Crippen LogP contribution in [-0.2, 0) is 44.2 Å². The highest BCUT2D eigenvalue weighted by Crippen LogP contribution is 2.58. The molecule has 0 amide bonds. The minimum Gasteiger partial charge on any atom is -0.382 e. The summed E-state index contributed by atoms with van der Waals surface area (Å²) < 4.78 is 65.8. The molecule has 2 unspecified atom stereocenters. The molecule has 0 aliphatic carbocycles. The van der Waals surface area contributed by atoms with Gasteiger partial charge < -0.3 is 40.0 Å². The molecular formula is C22H27FN10O10P2S2. The van der Waals surface area contributed by atoms with Crippen molar-refractivity contribution in [3.05, 3.63) is 29.3 Å². The summed E-state index contributed by atoms with van der Waals surface area (Å²) in [7, 11) is 0. The van der Waals surface area contributed by atoms with E-state index in [1.807, 2.05) is 0 Å². The fraction of sp³-hybridized carbons (Fsp3) is 0.545.